The van der Waals surface area contributed by atoms with E-state index in [9.17, 15) is 18.4 Å². The minimum Gasteiger partial charge on any atom is -0.427 e. The summed E-state index contributed by atoms with van der Waals surface area (Å²) >= 11 is 6.13. The molecule has 2 aromatic carbocycles. The molecule has 1 unspecified atom stereocenters. The summed E-state index contributed by atoms with van der Waals surface area (Å²) in [5.74, 6) is -0.319. The Kier molecular flexibility index (Phi) is 7.21. The highest BCUT2D eigenvalue weighted by Gasteiger charge is 2.42. The van der Waals surface area contributed by atoms with Gasteiger partial charge in [-0.3, -0.25) is 0 Å². The predicted molar refractivity (Wildman–Crippen MR) is 117 cm³/mol. The summed E-state index contributed by atoms with van der Waals surface area (Å²) < 4.78 is 44.3. The van der Waals surface area contributed by atoms with Gasteiger partial charge in [0, 0.05) is 17.1 Å². The molecule has 0 aliphatic heterocycles. The third kappa shape index (κ3) is 5.57. The SMILES string of the molecule is CCc1ccc(-c2csc(/C(C#N)=C/Nc3ccccc3OC(F)(F)C(F)Cl)n2)cc1. The minimum atomic E-state index is -4.21. The van der Waals surface area contributed by atoms with Crippen LogP contribution in [0.15, 0.2) is 60.1 Å². The van der Waals surface area contributed by atoms with Gasteiger partial charge in [-0.15, -0.1) is 11.3 Å². The normalized spacial score (nSPS) is 12.8. The van der Waals surface area contributed by atoms with Crippen LogP contribution in [0.3, 0.4) is 0 Å². The number of alkyl halides is 4. The lowest BCUT2D eigenvalue weighted by atomic mass is 10.1. The Balaban J connectivity index is 1.81. The van der Waals surface area contributed by atoms with E-state index in [2.05, 4.69) is 22.0 Å². The van der Waals surface area contributed by atoms with Crippen molar-refractivity contribution in [3.8, 4) is 23.1 Å². The van der Waals surface area contributed by atoms with Gasteiger partial charge in [-0.2, -0.15) is 14.0 Å². The number of hydrogen-bond donors (Lipinski definition) is 1. The van der Waals surface area contributed by atoms with Crippen molar-refractivity contribution in [2.45, 2.75) is 25.1 Å². The Morgan fingerprint density at radius 2 is 2.00 bits per heavy atom. The van der Waals surface area contributed by atoms with Crippen LogP contribution < -0.4 is 10.1 Å². The third-order valence-electron chi connectivity index (χ3n) is 4.27. The summed E-state index contributed by atoms with van der Waals surface area (Å²) in [6, 6.07) is 15.7. The number of aromatic nitrogens is 1. The minimum absolute atomic E-state index is 0.110. The lowest BCUT2D eigenvalue weighted by molar-refractivity contribution is -0.198. The van der Waals surface area contributed by atoms with Crippen molar-refractivity contribution in [1.29, 1.82) is 5.26 Å². The van der Waals surface area contributed by atoms with E-state index in [1.165, 1.54) is 41.3 Å². The van der Waals surface area contributed by atoms with E-state index in [1.54, 1.807) is 6.07 Å². The number of allylic oxidation sites excluding steroid dienone is 1. The van der Waals surface area contributed by atoms with Gasteiger partial charge in [-0.05, 0) is 24.1 Å². The Morgan fingerprint density at radius 1 is 1.29 bits per heavy atom. The molecule has 0 amide bonds. The van der Waals surface area contributed by atoms with Crippen LogP contribution in [0.25, 0.3) is 16.8 Å². The van der Waals surface area contributed by atoms with E-state index in [0.29, 0.717) is 5.01 Å². The number of aryl methyl sites for hydroxylation is 1. The molecule has 0 saturated carbocycles. The van der Waals surface area contributed by atoms with Gasteiger partial charge in [-0.1, -0.05) is 54.9 Å². The fourth-order valence-electron chi connectivity index (χ4n) is 2.60. The van der Waals surface area contributed by atoms with Crippen molar-refractivity contribution in [2.75, 3.05) is 5.32 Å². The number of halogens is 4. The Hall–Kier alpha value is -3.02. The smallest absolute Gasteiger partial charge is 0.427 e. The monoisotopic (exact) mass is 463 g/mol. The molecule has 0 fully saturated rings. The average molecular weight is 464 g/mol. The highest BCUT2D eigenvalue weighted by Crippen LogP contribution is 2.34. The first-order valence-corrected chi connectivity index (χ1v) is 10.5. The number of nitrogens with one attached hydrogen (secondary N) is 1. The van der Waals surface area contributed by atoms with Crippen LogP contribution >= 0.6 is 22.9 Å². The lowest BCUT2D eigenvalue weighted by Gasteiger charge is -2.19. The topological polar surface area (TPSA) is 57.9 Å². The Bertz CT molecular complexity index is 1110. The van der Waals surface area contributed by atoms with E-state index in [0.717, 1.165) is 17.7 Å². The first-order valence-electron chi connectivity index (χ1n) is 9.20. The fraction of sp³-hybridized carbons (Fsp3) is 0.182. The van der Waals surface area contributed by atoms with Crippen LogP contribution in [0.2, 0.25) is 0 Å². The molecule has 1 N–H and O–H groups in total. The van der Waals surface area contributed by atoms with Crippen LogP contribution in [0.1, 0.15) is 17.5 Å². The molecule has 31 heavy (non-hydrogen) atoms. The number of hydrogen-bond acceptors (Lipinski definition) is 5. The van der Waals surface area contributed by atoms with Crippen molar-refractivity contribution >= 4 is 34.2 Å². The number of benzene rings is 2. The number of thiazole rings is 1. The zero-order valence-corrected chi connectivity index (χ0v) is 17.9. The molecule has 0 spiro atoms. The third-order valence-corrected chi connectivity index (χ3v) is 5.40. The van der Waals surface area contributed by atoms with Crippen LogP contribution in [-0.2, 0) is 6.42 Å². The fourth-order valence-corrected chi connectivity index (χ4v) is 3.44. The van der Waals surface area contributed by atoms with E-state index in [1.807, 2.05) is 35.7 Å². The lowest BCUT2D eigenvalue weighted by Crippen LogP contribution is -2.33. The first-order chi connectivity index (χ1) is 14.8. The van der Waals surface area contributed by atoms with Gasteiger partial charge in [0.1, 0.15) is 22.4 Å². The maximum Gasteiger partial charge on any atom is 0.444 e. The molecular weight excluding hydrogens is 447 g/mol. The number of ether oxygens (including phenoxy) is 1. The molecule has 0 bridgehead atoms. The molecule has 4 nitrogen and oxygen atoms in total. The molecule has 0 aliphatic carbocycles. The van der Waals surface area contributed by atoms with Crippen molar-refractivity contribution in [3.05, 3.63) is 70.7 Å². The van der Waals surface area contributed by atoms with Crippen LogP contribution in [0, 0.1) is 11.3 Å². The molecule has 0 radical (unpaired) electrons. The zero-order chi connectivity index (χ0) is 22.4. The van der Waals surface area contributed by atoms with Crippen molar-refractivity contribution in [2.24, 2.45) is 0 Å². The summed E-state index contributed by atoms with van der Waals surface area (Å²) in [6.07, 6.45) is -1.95. The van der Waals surface area contributed by atoms with Gasteiger partial charge in [0.05, 0.1) is 11.4 Å². The second-order valence-electron chi connectivity index (χ2n) is 6.36. The largest absolute Gasteiger partial charge is 0.444 e. The molecule has 0 saturated heterocycles. The molecule has 3 rings (SSSR count). The van der Waals surface area contributed by atoms with Crippen LogP contribution in [-0.4, -0.2) is 16.7 Å². The summed E-state index contributed by atoms with van der Waals surface area (Å²) in [4.78, 5) is 4.49. The van der Waals surface area contributed by atoms with Gasteiger partial charge in [0.2, 0.25) is 0 Å². The van der Waals surface area contributed by atoms with E-state index < -0.39 is 11.7 Å². The van der Waals surface area contributed by atoms with Gasteiger partial charge in [0.15, 0.2) is 0 Å². The Labute approximate surface area is 186 Å². The van der Waals surface area contributed by atoms with Crippen LogP contribution in [0.4, 0.5) is 18.9 Å². The van der Waals surface area contributed by atoms with Crippen molar-refractivity contribution < 1.29 is 17.9 Å². The highest BCUT2D eigenvalue weighted by atomic mass is 35.5. The van der Waals surface area contributed by atoms with Gasteiger partial charge in [-0.25, -0.2) is 9.37 Å². The predicted octanol–water partition coefficient (Wildman–Crippen LogP) is 6.86. The van der Waals surface area contributed by atoms with Crippen molar-refractivity contribution in [3.63, 3.8) is 0 Å². The number of nitrogens with zero attached hydrogens (tertiary/aromatic N) is 2. The van der Waals surface area contributed by atoms with E-state index >= 15 is 0 Å². The molecular formula is C22H17ClF3N3OS. The quantitative estimate of drug-likeness (QED) is 0.293. The first kappa shape index (κ1) is 22.7. The number of nitriles is 1. The van der Waals surface area contributed by atoms with Gasteiger partial charge >= 0.3 is 6.11 Å². The summed E-state index contributed by atoms with van der Waals surface area (Å²) in [6.45, 7) is 2.07. The molecule has 160 valence electrons. The summed E-state index contributed by atoms with van der Waals surface area (Å²) in [7, 11) is 0. The molecule has 9 heteroatoms. The molecule has 1 aromatic heterocycles. The maximum absolute atomic E-state index is 13.5. The van der Waals surface area contributed by atoms with E-state index in [-0.39, 0.29) is 17.0 Å². The average Bonchev–Trinajstić information content (AvgIpc) is 3.25. The summed E-state index contributed by atoms with van der Waals surface area (Å²) in [5, 5.41) is 14.6. The number of para-hydroxylation sites is 2. The zero-order valence-electron chi connectivity index (χ0n) is 16.3. The second kappa shape index (κ2) is 9.86. The molecule has 3 aromatic rings. The van der Waals surface area contributed by atoms with Crippen LogP contribution in [0.5, 0.6) is 5.75 Å². The standard InChI is InChI=1S/C22H17ClF3N3OS/c1-2-14-7-9-15(10-8-14)18-13-31-20(29-18)16(11-27)12-28-17-5-3-4-6-19(17)30-22(25,26)21(23)24/h3-10,12-13,21,28H,2H2,1H3/b16-12+. The van der Waals surface area contributed by atoms with Crippen molar-refractivity contribution in [1.82, 2.24) is 4.98 Å². The maximum atomic E-state index is 13.5. The van der Waals surface area contributed by atoms with E-state index in [4.69, 9.17) is 11.6 Å². The molecule has 1 atom stereocenters. The van der Waals surface area contributed by atoms with Gasteiger partial charge < -0.3 is 10.1 Å². The van der Waals surface area contributed by atoms with Gasteiger partial charge in [0.25, 0.3) is 5.63 Å². The number of anilines is 1. The second-order valence-corrected chi connectivity index (χ2v) is 7.60. The number of rotatable bonds is 8. The summed E-state index contributed by atoms with van der Waals surface area (Å²) in [5.41, 5.74) is 0.158. The molecule has 0 aliphatic rings. The Morgan fingerprint density at radius 3 is 2.65 bits per heavy atom. The highest BCUT2D eigenvalue weighted by molar-refractivity contribution is 7.11. The molecule has 1 heterocycles.